The van der Waals surface area contributed by atoms with Crippen LogP contribution in [-0.4, -0.2) is 0 Å². The lowest BCUT2D eigenvalue weighted by atomic mass is 9.91. The van der Waals surface area contributed by atoms with E-state index in [1.807, 2.05) is 0 Å². The lowest BCUT2D eigenvalue weighted by Crippen LogP contribution is -2.55. The second kappa shape index (κ2) is 5.82. The molecule has 0 fully saturated rings. The quantitative estimate of drug-likeness (QED) is 0.700. The summed E-state index contributed by atoms with van der Waals surface area (Å²) in [7, 11) is 0. The van der Waals surface area contributed by atoms with Crippen molar-refractivity contribution in [3.8, 4) is 0 Å². The normalized spacial score (nSPS) is 12.5. The molecule has 0 amide bonds. The molecule has 2 aromatic rings. The van der Waals surface area contributed by atoms with Crippen LogP contribution in [0.25, 0.3) is 0 Å². The van der Waals surface area contributed by atoms with Gasteiger partial charge >= 0.3 is 5.13 Å². The van der Waals surface area contributed by atoms with E-state index in [0.717, 1.165) is 10.8 Å². The second-order valence-electron chi connectivity index (χ2n) is 7.44. The summed E-state index contributed by atoms with van der Waals surface area (Å²) in [6.07, 6.45) is 0. The van der Waals surface area contributed by atoms with Crippen LogP contribution in [0.15, 0.2) is 23.6 Å². The summed E-state index contributed by atoms with van der Waals surface area (Å²) in [6, 6.07) is 4.69. The summed E-state index contributed by atoms with van der Waals surface area (Å²) in [5.74, 6) is -0.405. The second-order valence-corrected chi connectivity index (χ2v) is 8.70. The molecular formula is C17H23ClFN2S+. The SMILES string of the molecule is CC(C)(C)c1csc(Nc2ccc(F)c(Cl)c2)[n+]1C(C)(C)C. The maximum atomic E-state index is 13.3. The third kappa shape index (κ3) is 3.61. The van der Waals surface area contributed by atoms with Crippen molar-refractivity contribution in [2.24, 2.45) is 0 Å². The van der Waals surface area contributed by atoms with E-state index in [1.165, 1.54) is 11.8 Å². The van der Waals surface area contributed by atoms with E-state index >= 15 is 0 Å². The van der Waals surface area contributed by atoms with Crippen molar-refractivity contribution in [3.05, 3.63) is 40.1 Å². The van der Waals surface area contributed by atoms with Crippen molar-refractivity contribution in [3.63, 3.8) is 0 Å². The molecule has 0 saturated carbocycles. The zero-order valence-electron chi connectivity index (χ0n) is 13.9. The number of nitrogens with one attached hydrogen (secondary N) is 1. The van der Waals surface area contributed by atoms with E-state index < -0.39 is 5.82 Å². The Morgan fingerprint density at radius 2 is 1.77 bits per heavy atom. The number of nitrogens with zero attached hydrogens (tertiary/aromatic N) is 1. The van der Waals surface area contributed by atoms with E-state index in [4.69, 9.17) is 11.6 Å². The van der Waals surface area contributed by atoms with Crippen molar-refractivity contribution in [1.29, 1.82) is 0 Å². The first-order chi connectivity index (χ1) is 10.00. The highest BCUT2D eigenvalue weighted by Crippen LogP contribution is 2.30. The van der Waals surface area contributed by atoms with Crippen LogP contribution in [0.3, 0.4) is 0 Å². The Labute approximate surface area is 140 Å². The Morgan fingerprint density at radius 1 is 1.14 bits per heavy atom. The summed E-state index contributed by atoms with van der Waals surface area (Å²) in [5, 5.41) is 6.69. The zero-order valence-corrected chi connectivity index (χ0v) is 15.5. The van der Waals surface area contributed by atoms with Crippen molar-refractivity contribution in [1.82, 2.24) is 0 Å². The van der Waals surface area contributed by atoms with Crippen molar-refractivity contribution in [2.75, 3.05) is 5.32 Å². The minimum atomic E-state index is -0.405. The Kier molecular flexibility index (Phi) is 4.56. The van der Waals surface area contributed by atoms with Crippen LogP contribution < -0.4 is 9.88 Å². The van der Waals surface area contributed by atoms with E-state index in [0.29, 0.717) is 0 Å². The molecule has 1 heterocycles. The molecule has 2 nitrogen and oxygen atoms in total. The predicted octanol–water partition coefficient (Wildman–Crippen LogP) is 5.62. The molecule has 0 unspecified atom stereocenters. The minimum Gasteiger partial charge on any atom is -0.231 e. The minimum absolute atomic E-state index is 0.0458. The van der Waals surface area contributed by atoms with Crippen molar-refractivity contribution < 1.29 is 8.96 Å². The third-order valence-electron chi connectivity index (χ3n) is 3.34. The van der Waals surface area contributed by atoms with Gasteiger partial charge in [-0.05, 0) is 32.9 Å². The first-order valence-corrected chi connectivity index (χ1v) is 8.52. The van der Waals surface area contributed by atoms with Crippen LogP contribution in [0.4, 0.5) is 15.2 Å². The number of benzene rings is 1. The molecule has 1 aromatic heterocycles. The van der Waals surface area contributed by atoms with Crippen molar-refractivity contribution >= 4 is 33.8 Å². The number of rotatable bonds is 2. The molecule has 0 saturated heterocycles. The Hall–Kier alpha value is -1.13. The molecule has 0 radical (unpaired) electrons. The van der Waals surface area contributed by atoms with Gasteiger partial charge in [-0.3, -0.25) is 0 Å². The summed E-state index contributed by atoms with van der Waals surface area (Å²) in [5.41, 5.74) is 2.03. The van der Waals surface area contributed by atoms with E-state index in [2.05, 4.69) is 56.8 Å². The van der Waals surface area contributed by atoms with Gasteiger partial charge in [0.1, 0.15) is 22.7 Å². The summed E-state index contributed by atoms with van der Waals surface area (Å²) >= 11 is 7.52. The van der Waals surface area contributed by atoms with Crippen LogP contribution in [-0.2, 0) is 11.0 Å². The highest BCUT2D eigenvalue weighted by molar-refractivity contribution is 7.13. The molecule has 2 rings (SSSR count). The maximum Gasteiger partial charge on any atom is 0.339 e. The third-order valence-corrected chi connectivity index (χ3v) is 4.47. The lowest BCUT2D eigenvalue weighted by molar-refractivity contribution is -0.746. The van der Waals surface area contributed by atoms with Crippen LogP contribution in [0.1, 0.15) is 47.2 Å². The van der Waals surface area contributed by atoms with Gasteiger partial charge in [0, 0.05) is 16.9 Å². The van der Waals surface area contributed by atoms with Crippen LogP contribution >= 0.6 is 22.9 Å². The first-order valence-electron chi connectivity index (χ1n) is 7.27. The maximum absolute atomic E-state index is 13.3. The molecule has 0 aliphatic carbocycles. The van der Waals surface area contributed by atoms with Gasteiger partial charge in [-0.15, -0.1) is 0 Å². The molecular weight excluding hydrogens is 319 g/mol. The number of hydrogen-bond acceptors (Lipinski definition) is 2. The number of aromatic nitrogens is 1. The van der Waals surface area contributed by atoms with Gasteiger partial charge in [-0.1, -0.05) is 43.7 Å². The fourth-order valence-corrected chi connectivity index (χ4v) is 3.80. The van der Waals surface area contributed by atoms with Crippen LogP contribution in [0.2, 0.25) is 5.02 Å². The standard InChI is InChI=1S/C17H22ClFN2S/c1-16(2,3)14-10-22-15(21(14)17(4,5)6)20-11-7-8-13(19)12(18)9-11/h7-10H,1-6H3/p+1. The Balaban J connectivity index is 2.47. The van der Waals surface area contributed by atoms with E-state index in [1.54, 1.807) is 23.5 Å². The fourth-order valence-electron chi connectivity index (χ4n) is 2.29. The highest BCUT2D eigenvalue weighted by Gasteiger charge is 2.34. The average Bonchev–Trinajstić information content (AvgIpc) is 2.77. The molecule has 22 heavy (non-hydrogen) atoms. The number of hydrogen-bond donors (Lipinski definition) is 1. The molecule has 0 bridgehead atoms. The molecule has 0 atom stereocenters. The average molecular weight is 342 g/mol. The molecule has 5 heteroatoms. The van der Waals surface area contributed by atoms with E-state index in [-0.39, 0.29) is 16.0 Å². The summed E-state index contributed by atoms with van der Waals surface area (Å²) in [6.45, 7) is 13.1. The fraction of sp³-hybridized carbons (Fsp3) is 0.471. The zero-order chi connectivity index (χ0) is 16.7. The van der Waals surface area contributed by atoms with Crippen LogP contribution in [0, 0.1) is 5.82 Å². The van der Waals surface area contributed by atoms with Crippen molar-refractivity contribution in [2.45, 2.75) is 52.5 Å². The first kappa shape index (κ1) is 17.2. The highest BCUT2D eigenvalue weighted by atomic mass is 35.5. The topological polar surface area (TPSA) is 15.9 Å². The number of thiazole rings is 1. The predicted molar refractivity (Wildman–Crippen MR) is 92.9 cm³/mol. The van der Waals surface area contributed by atoms with Gasteiger partial charge in [-0.25, -0.2) is 14.3 Å². The largest absolute Gasteiger partial charge is 0.339 e. The molecule has 0 spiro atoms. The molecule has 0 aliphatic rings. The van der Waals surface area contributed by atoms with Gasteiger partial charge in [-0.2, -0.15) is 0 Å². The lowest BCUT2D eigenvalue weighted by Gasteiger charge is -2.25. The van der Waals surface area contributed by atoms with Gasteiger partial charge in [0.2, 0.25) is 0 Å². The van der Waals surface area contributed by atoms with Gasteiger partial charge in [0.25, 0.3) is 0 Å². The molecule has 120 valence electrons. The van der Waals surface area contributed by atoms with Gasteiger partial charge in [0.15, 0.2) is 0 Å². The Bertz CT molecular complexity index is 681. The molecule has 0 aliphatic heterocycles. The monoisotopic (exact) mass is 341 g/mol. The summed E-state index contributed by atoms with van der Waals surface area (Å²) in [4.78, 5) is 0. The van der Waals surface area contributed by atoms with Gasteiger partial charge < -0.3 is 0 Å². The van der Waals surface area contributed by atoms with Crippen LogP contribution in [0.5, 0.6) is 0 Å². The molecule has 1 N–H and O–H groups in total. The number of anilines is 2. The van der Waals surface area contributed by atoms with E-state index in [9.17, 15) is 4.39 Å². The van der Waals surface area contributed by atoms with Gasteiger partial charge in [0.05, 0.1) is 5.02 Å². The smallest absolute Gasteiger partial charge is 0.231 e. The molecule has 1 aromatic carbocycles. The number of halogens is 2. The summed E-state index contributed by atoms with van der Waals surface area (Å²) < 4.78 is 15.6. The Morgan fingerprint density at radius 3 is 2.27 bits per heavy atom.